The summed E-state index contributed by atoms with van der Waals surface area (Å²) in [6.45, 7) is 6.78. The first-order valence-corrected chi connectivity index (χ1v) is 7.03. The van der Waals surface area contributed by atoms with Gasteiger partial charge < -0.3 is 9.84 Å². The molecule has 0 aliphatic heterocycles. The Morgan fingerprint density at radius 2 is 1.88 bits per heavy atom. The Hall–Kier alpha value is -0.540. The number of halogens is 1. The number of benzene rings is 1. The fourth-order valence-corrected chi connectivity index (χ4v) is 2.41. The molecule has 1 rings (SSSR count). The van der Waals surface area contributed by atoms with Crippen molar-refractivity contribution in [3.8, 4) is 5.75 Å². The third kappa shape index (κ3) is 3.71. The third-order valence-corrected chi connectivity index (χ3v) is 3.58. The van der Waals surface area contributed by atoms with Crippen LogP contribution in [0, 0.1) is 5.92 Å². The summed E-state index contributed by atoms with van der Waals surface area (Å²) in [5.41, 5.74) is 0.884. The maximum Gasteiger partial charge on any atom is 0.125 e. The van der Waals surface area contributed by atoms with Crippen molar-refractivity contribution in [3.63, 3.8) is 0 Å². The van der Waals surface area contributed by atoms with Gasteiger partial charge in [0, 0.05) is 10.0 Å². The molecule has 1 aromatic carbocycles. The first kappa shape index (κ1) is 14.5. The van der Waals surface area contributed by atoms with Crippen molar-refractivity contribution < 1.29 is 9.84 Å². The Labute approximate surface area is 112 Å². The molecule has 0 fully saturated rings. The van der Waals surface area contributed by atoms with E-state index < -0.39 is 6.10 Å². The molecule has 1 N–H and O–H groups in total. The van der Waals surface area contributed by atoms with Crippen molar-refractivity contribution in [1.82, 2.24) is 0 Å². The largest absolute Gasteiger partial charge is 0.493 e. The van der Waals surface area contributed by atoms with Crippen LogP contribution in [0.15, 0.2) is 22.7 Å². The maximum atomic E-state index is 10.4. The molecule has 0 aromatic heterocycles. The van der Waals surface area contributed by atoms with Gasteiger partial charge in [0.2, 0.25) is 0 Å². The van der Waals surface area contributed by atoms with Crippen molar-refractivity contribution in [2.75, 3.05) is 6.61 Å². The Bertz CT molecular complexity index is 348. The summed E-state index contributed by atoms with van der Waals surface area (Å²) in [7, 11) is 0. The molecule has 0 saturated heterocycles. The number of hydrogen-bond donors (Lipinski definition) is 1. The predicted molar refractivity (Wildman–Crippen MR) is 74.3 cm³/mol. The highest BCUT2D eigenvalue weighted by atomic mass is 79.9. The Balaban J connectivity index is 3.04. The molecule has 3 heteroatoms. The summed E-state index contributed by atoms with van der Waals surface area (Å²) >= 11 is 3.44. The summed E-state index contributed by atoms with van der Waals surface area (Å²) < 4.78 is 6.54. The lowest BCUT2D eigenvalue weighted by molar-refractivity contribution is 0.0996. The zero-order valence-electron chi connectivity index (χ0n) is 10.7. The minimum atomic E-state index is -0.455. The summed E-state index contributed by atoms with van der Waals surface area (Å²) in [4.78, 5) is 0. The van der Waals surface area contributed by atoms with Crippen LogP contribution in [0.25, 0.3) is 0 Å². The Morgan fingerprint density at radius 3 is 2.41 bits per heavy atom. The van der Waals surface area contributed by atoms with Crippen LogP contribution in [-0.4, -0.2) is 11.7 Å². The van der Waals surface area contributed by atoms with E-state index in [0.29, 0.717) is 6.61 Å². The van der Waals surface area contributed by atoms with E-state index in [0.717, 1.165) is 28.6 Å². The quantitative estimate of drug-likeness (QED) is 0.848. The van der Waals surface area contributed by atoms with Gasteiger partial charge in [-0.05, 0) is 31.0 Å². The minimum absolute atomic E-state index is 0.281. The standard InChI is InChI=1S/C14H21BrO2/c1-4-10(5-2)14(16)12-9-11(15)7-8-13(12)17-6-3/h7-10,14,16H,4-6H2,1-3H3. The highest BCUT2D eigenvalue weighted by molar-refractivity contribution is 9.10. The van der Waals surface area contributed by atoms with Gasteiger partial charge in [-0.1, -0.05) is 42.6 Å². The van der Waals surface area contributed by atoms with Gasteiger partial charge >= 0.3 is 0 Å². The van der Waals surface area contributed by atoms with E-state index in [1.165, 1.54) is 0 Å². The number of hydrogen-bond acceptors (Lipinski definition) is 2. The van der Waals surface area contributed by atoms with E-state index in [2.05, 4.69) is 29.8 Å². The molecule has 0 saturated carbocycles. The van der Waals surface area contributed by atoms with Crippen molar-refractivity contribution in [1.29, 1.82) is 0 Å². The van der Waals surface area contributed by atoms with Crippen LogP contribution in [0.2, 0.25) is 0 Å². The van der Waals surface area contributed by atoms with Crippen LogP contribution >= 0.6 is 15.9 Å². The SMILES string of the molecule is CCOc1ccc(Br)cc1C(O)C(CC)CC. The molecule has 0 aliphatic carbocycles. The highest BCUT2D eigenvalue weighted by Gasteiger charge is 2.21. The summed E-state index contributed by atoms with van der Waals surface area (Å²) in [6.07, 6.45) is 1.48. The molecule has 1 atom stereocenters. The number of ether oxygens (including phenoxy) is 1. The second-order valence-electron chi connectivity index (χ2n) is 4.14. The molecule has 0 bridgehead atoms. The van der Waals surface area contributed by atoms with Crippen molar-refractivity contribution in [2.24, 2.45) is 5.92 Å². The van der Waals surface area contributed by atoms with E-state index in [4.69, 9.17) is 4.74 Å². The zero-order chi connectivity index (χ0) is 12.8. The van der Waals surface area contributed by atoms with Gasteiger partial charge in [0.1, 0.15) is 5.75 Å². The summed E-state index contributed by atoms with van der Waals surface area (Å²) in [5, 5.41) is 10.4. The molecular formula is C14H21BrO2. The van der Waals surface area contributed by atoms with E-state index >= 15 is 0 Å². The average molecular weight is 301 g/mol. The molecule has 0 amide bonds. The lowest BCUT2D eigenvalue weighted by Crippen LogP contribution is -2.12. The van der Waals surface area contributed by atoms with Gasteiger partial charge in [-0.2, -0.15) is 0 Å². The normalized spacial score (nSPS) is 12.8. The molecule has 0 heterocycles. The van der Waals surface area contributed by atoms with Gasteiger partial charge in [0.05, 0.1) is 12.7 Å². The predicted octanol–water partition coefficient (Wildman–Crippen LogP) is 4.32. The molecule has 0 aliphatic rings. The Morgan fingerprint density at radius 1 is 1.24 bits per heavy atom. The maximum absolute atomic E-state index is 10.4. The second-order valence-corrected chi connectivity index (χ2v) is 5.05. The van der Waals surface area contributed by atoms with Crippen LogP contribution in [0.5, 0.6) is 5.75 Å². The fourth-order valence-electron chi connectivity index (χ4n) is 2.03. The first-order valence-electron chi connectivity index (χ1n) is 6.24. The van der Waals surface area contributed by atoms with Crippen LogP contribution in [-0.2, 0) is 0 Å². The van der Waals surface area contributed by atoms with Crippen LogP contribution in [0.3, 0.4) is 0 Å². The Kier molecular flexibility index (Phi) is 6.00. The van der Waals surface area contributed by atoms with Crippen LogP contribution in [0.4, 0.5) is 0 Å². The molecule has 0 radical (unpaired) electrons. The van der Waals surface area contributed by atoms with Crippen molar-refractivity contribution in [3.05, 3.63) is 28.2 Å². The minimum Gasteiger partial charge on any atom is -0.493 e. The topological polar surface area (TPSA) is 29.5 Å². The number of aliphatic hydroxyl groups is 1. The molecular weight excluding hydrogens is 280 g/mol. The molecule has 17 heavy (non-hydrogen) atoms. The van der Waals surface area contributed by atoms with E-state index in [1.807, 2.05) is 25.1 Å². The van der Waals surface area contributed by atoms with Gasteiger partial charge in [0.25, 0.3) is 0 Å². The smallest absolute Gasteiger partial charge is 0.125 e. The number of aliphatic hydroxyl groups excluding tert-OH is 1. The fraction of sp³-hybridized carbons (Fsp3) is 0.571. The summed E-state index contributed by atoms with van der Waals surface area (Å²) in [6, 6.07) is 5.80. The lowest BCUT2D eigenvalue weighted by Gasteiger charge is -2.22. The molecule has 0 spiro atoms. The average Bonchev–Trinajstić information content (AvgIpc) is 2.33. The molecule has 1 aromatic rings. The van der Waals surface area contributed by atoms with Gasteiger partial charge in [-0.25, -0.2) is 0 Å². The molecule has 96 valence electrons. The third-order valence-electron chi connectivity index (χ3n) is 3.09. The molecule has 2 nitrogen and oxygen atoms in total. The van der Waals surface area contributed by atoms with Gasteiger partial charge in [-0.15, -0.1) is 0 Å². The van der Waals surface area contributed by atoms with E-state index in [9.17, 15) is 5.11 Å². The molecule has 1 unspecified atom stereocenters. The monoisotopic (exact) mass is 300 g/mol. The highest BCUT2D eigenvalue weighted by Crippen LogP contribution is 2.35. The lowest BCUT2D eigenvalue weighted by atomic mass is 9.91. The summed E-state index contributed by atoms with van der Waals surface area (Å²) in [5.74, 6) is 1.07. The number of rotatable bonds is 6. The van der Waals surface area contributed by atoms with E-state index in [-0.39, 0.29) is 5.92 Å². The first-order chi connectivity index (χ1) is 8.13. The zero-order valence-corrected chi connectivity index (χ0v) is 12.3. The second kappa shape index (κ2) is 7.02. The van der Waals surface area contributed by atoms with E-state index in [1.54, 1.807) is 0 Å². The van der Waals surface area contributed by atoms with Gasteiger partial charge in [-0.3, -0.25) is 0 Å². The van der Waals surface area contributed by atoms with Crippen LogP contribution in [0.1, 0.15) is 45.3 Å². The van der Waals surface area contributed by atoms with Crippen LogP contribution < -0.4 is 4.74 Å². The van der Waals surface area contributed by atoms with Gasteiger partial charge in [0.15, 0.2) is 0 Å². The van der Waals surface area contributed by atoms with Crippen molar-refractivity contribution >= 4 is 15.9 Å². The van der Waals surface area contributed by atoms with Crippen molar-refractivity contribution in [2.45, 2.75) is 39.7 Å².